The molecule has 1 aromatic rings. The first-order chi connectivity index (χ1) is 6.43. The molecule has 13 heavy (non-hydrogen) atoms. The first kappa shape index (κ1) is 9.52. The van der Waals surface area contributed by atoms with Crippen LogP contribution in [0.5, 0.6) is 0 Å². The van der Waals surface area contributed by atoms with E-state index in [1.807, 2.05) is 49.4 Å². The van der Waals surface area contributed by atoms with Crippen LogP contribution in [0.15, 0.2) is 41.6 Å². The van der Waals surface area contributed by atoms with Gasteiger partial charge < -0.3 is 4.84 Å². The van der Waals surface area contributed by atoms with Gasteiger partial charge in [0.15, 0.2) is 0 Å². The Kier molecular flexibility index (Phi) is 4.39. The molecule has 0 aliphatic rings. The third-order valence-corrected chi connectivity index (χ3v) is 1.46. The van der Waals surface area contributed by atoms with Crippen molar-refractivity contribution < 1.29 is 4.84 Å². The predicted molar refractivity (Wildman–Crippen MR) is 55.6 cm³/mol. The molecule has 68 valence electrons. The molecule has 0 fully saturated rings. The van der Waals surface area contributed by atoms with E-state index >= 15 is 0 Å². The summed E-state index contributed by atoms with van der Waals surface area (Å²) in [6.45, 7) is 2.33. The van der Waals surface area contributed by atoms with Crippen LogP contribution in [-0.2, 0) is 4.84 Å². The molecule has 0 bridgehead atoms. The van der Waals surface area contributed by atoms with E-state index in [2.05, 4.69) is 5.16 Å². The second-order valence-corrected chi connectivity index (χ2v) is 2.47. The smallest absolute Gasteiger partial charge is 0.135 e. The minimum absolute atomic E-state index is 0.513. The average Bonchev–Trinajstić information content (AvgIpc) is 2.19. The van der Waals surface area contributed by atoms with Crippen molar-refractivity contribution in [1.82, 2.24) is 0 Å². The van der Waals surface area contributed by atoms with Crippen molar-refractivity contribution in [2.24, 2.45) is 5.16 Å². The number of hydrogen-bond donors (Lipinski definition) is 0. The van der Waals surface area contributed by atoms with E-state index in [0.29, 0.717) is 6.61 Å². The van der Waals surface area contributed by atoms with Crippen molar-refractivity contribution in [3.05, 3.63) is 42.0 Å². The molecule has 0 amide bonds. The molecule has 1 aromatic carbocycles. The van der Waals surface area contributed by atoms with E-state index in [-0.39, 0.29) is 0 Å². The molecular weight excluding hydrogens is 162 g/mol. The SMILES string of the molecule is C/C=N/OC/C=C/c1ccccc1. The Morgan fingerprint density at radius 1 is 1.31 bits per heavy atom. The van der Waals surface area contributed by atoms with Gasteiger partial charge in [-0.05, 0) is 18.6 Å². The lowest BCUT2D eigenvalue weighted by Crippen LogP contribution is -1.80. The van der Waals surface area contributed by atoms with E-state index in [1.165, 1.54) is 5.56 Å². The number of rotatable bonds is 4. The molecular formula is C11H13NO. The van der Waals surface area contributed by atoms with Gasteiger partial charge in [0.1, 0.15) is 6.61 Å². The third-order valence-electron chi connectivity index (χ3n) is 1.46. The fourth-order valence-electron chi connectivity index (χ4n) is 0.909. The Labute approximate surface area is 78.5 Å². The molecule has 0 radical (unpaired) electrons. The molecule has 0 aromatic heterocycles. The summed E-state index contributed by atoms with van der Waals surface area (Å²) in [6.07, 6.45) is 5.56. The van der Waals surface area contributed by atoms with E-state index in [1.54, 1.807) is 6.21 Å². The van der Waals surface area contributed by atoms with Crippen LogP contribution in [0.1, 0.15) is 12.5 Å². The largest absolute Gasteiger partial charge is 0.392 e. The summed E-state index contributed by atoms with van der Waals surface area (Å²) >= 11 is 0. The zero-order valence-electron chi connectivity index (χ0n) is 7.68. The quantitative estimate of drug-likeness (QED) is 0.391. The standard InChI is InChI=1S/C11H13NO/c1-2-12-13-10-6-9-11-7-4-3-5-8-11/h2-9H,10H2,1H3/b9-6+,12-2+. The van der Waals surface area contributed by atoms with Crippen molar-refractivity contribution in [3.63, 3.8) is 0 Å². The zero-order chi connectivity index (χ0) is 9.36. The molecule has 0 aliphatic carbocycles. The second-order valence-electron chi connectivity index (χ2n) is 2.47. The van der Waals surface area contributed by atoms with Gasteiger partial charge in [-0.3, -0.25) is 0 Å². The molecule has 2 nitrogen and oxygen atoms in total. The third kappa shape index (κ3) is 4.11. The highest BCUT2D eigenvalue weighted by atomic mass is 16.6. The Bertz CT molecular complexity index is 277. The van der Waals surface area contributed by atoms with E-state index in [0.717, 1.165) is 0 Å². The normalized spacial score (nSPS) is 11.2. The lowest BCUT2D eigenvalue weighted by molar-refractivity contribution is 0.176. The molecule has 0 spiro atoms. The summed E-state index contributed by atoms with van der Waals surface area (Å²) in [4.78, 5) is 4.89. The molecule has 2 heteroatoms. The average molecular weight is 175 g/mol. The van der Waals surface area contributed by atoms with Crippen LogP contribution in [0.2, 0.25) is 0 Å². The maximum atomic E-state index is 4.89. The highest BCUT2D eigenvalue weighted by Crippen LogP contribution is 2.00. The molecule has 0 atom stereocenters. The van der Waals surface area contributed by atoms with Crippen LogP contribution in [-0.4, -0.2) is 12.8 Å². The molecule has 0 aliphatic heterocycles. The van der Waals surface area contributed by atoms with Crippen LogP contribution in [0.25, 0.3) is 6.08 Å². The lowest BCUT2D eigenvalue weighted by Gasteiger charge is -1.92. The van der Waals surface area contributed by atoms with Gasteiger partial charge in [0.25, 0.3) is 0 Å². The van der Waals surface area contributed by atoms with Gasteiger partial charge in [-0.1, -0.05) is 41.6 Å². The Morgan fingerprint density at radius 3 is 2.77 bits per heavy atom. The maximum absolute atomic E-state index is 4.89. The molecule has 0 saturated heterocycles. The van der Waals surface area contributed by atoms with E-state index < -0.39 is 0 Å². The zero-order valence-corrected chi connectivity index (χ0v) is 7.68. The van der Waals surface area contributed by atoms with Gasteiger partial charge in [0.05, 0.1) is 0 Å². The minimum Gasteiger partial charge on any atom is -0.392 e. The van der Waals surface area contributed by atoms with Gasteiger partial charge in [-0.2, -0.15) is 0 Å². The molecule has 0 heterocycles. The fourth-order valence-corrected chi connectivity index (χ4v) is 0.909. The van der Waals surface area contributed by atoms with Gasteiger partial charge in [0, 0.05) is 6.21 Å². The van der Waals surface area contributed by atoms with E-state index in [4.69, 9.17) is 4.84 Å². The van der Waals surface area contributed by atoms with Gasteiger partial charge in [0.2, 0.25) is 0 Å². The maximum Gasteiger partial charge on any atom is 0.135 e. The summed E-state index contributed by atoms with van der Waals surface area (Å²) in [6, 6.07) is 10.1. The molecule has 1 rings (SSSR count). The van der Waals surface area contributed by atoms with Gasteiger partial charge >= 0.3 is 0 Å². The molecule has 0 saturated carbocycles. The minimum atomic E-state index is 0.513. The van der Waals surface area contributed by atoms with Crippen LogP contribution in [0.4, 0.5) is 0 Å². The van der Waals surface area contributed by atoms with Crippen molar-refractivity contribution >= 4 is 12.3 Å². The number of oxime groups is 1. The molecule has 0 N–H and O–H groups in total. The lowest BCUT2D eigenvalue weighted by atomic mass is 10.2. The highest BCUT2D eigenvalue weighted by Gasteiger charge is 1.81. The summed E-state index contributed by atoms with van der Waals surface area (Å²) in [7, 11) is 0. The molecule has 0 unspecified atom stereocenters. The second kappa shape index (κ2) is 6.00. The first-order valence-corrected chi connectivity index (χ1v) is 4.25. The van der Waals surface area contributed by atoms with Crippen LogP contribution in [0.3, 0.4) is 0 Å². The Morgan fingerprint density at radius 2 is 2.08 bits per heavy atom. The first-order valence-electron chi connectivity index (χ1n) is 4.25. The van der Waals surface area contributed by atoms with Crippen molar-refractivity contribution in [3.8, 4) is 0 Å². The number of benzene rings is 1. The van der Waals surface area contributed by atoms with Crippen LogP contribution in [0, 0.1) is 0 Å². The predicted octanol–water partition coefficient (Wildman–Crippen LogP) is 2.72. The number of nitrogens with zero attached hydrogens (tertiary/aromatic N) is 1. The van der Waals surface area contributed by atoms with Crippen molar-refractivity contribution in [2.45, 2.75) is 6.92 Å². The Hall–Kier alpha value is -1.57. The van der Waals surface area contributed by atoms with Crippen LogP contribution >= 0.6 is 0 Å². The van der Waals surface area contributed by atoms with Crippen LogP contribution < -0.4 is 0 Å². The summed E-state index contributed by atoms with van der Waals surface area (Å²) in [5.41, 5.74) is 1.17. The van der Waals surface area contributed by atoms with E-state index in [9.17, 15) is 0 Å². The summed E-state index contributed by atoms with van der Waals surface area (Å²) in [5, 5.41) is 3.63. The summed E-state index contributed by atoms with van der Waals surface area (Å²) < 4.78 is 0. The topological polar surface area (TPSA) is 21.6 Å². The highest BCUT2D eigenvalue weighted by molar-refractivity contribution is 5.52. The monoisotopic (exact) mass is 175 g/mol. The fraction of sp³-hybridized carbons (Fsp3) is 0.182. The Balaban J connectivity index is 2.32. The van der Waals surface area contributed by atoms with Crippen molar-refractivity contribution in [1.29, 1.82) is 0 Å². The van der Waals surface area contributed by atoms with Gasteiger partial charge in [-0.15, -0.1) is 0 Å². The summed E-state index contributed by atoms with van der Waals surface area (Å²) in [5.74, 6) is 0. The van der Waals surface area contributed by atoms with Crippen molar-refractivity contribution in [2.75, 3.05) is 6.61 Å². The number of hydrogen-bond acceptors (Lipinski definition) is 2. The van der Waals surface area contributed by atoms with Gasteiger partial charge in [-0.25, -0.2) is 0 Å².